The summed E-state index contributed by atoms with van der Waals surface area (Å²) in [6, 6.07) is 0. The van der Waals surface area contributed by atoms with Crippen molar-refractivity contribution in [1.82, 2.24) is 19.5 Å². The van der Waals surface area contributed by atoms with Crippen molar-refractivity contribution in [2.45, 2.75) is 38.8 Å². The number of nitrogens with one attached hydrogen (secondary N) is 1. The Morgan fingerprint density at radius 2 is 2.24 bits per heavy atom. The molecule has 2 atom stereocenters. The highest BCUT2D eigenvalue weighted by Gasteiger charge is 2.18. The van der Waals surface area contributed by atoms with Gasteiger partial charge in [-0.25, -0.2) is 4.98 Å². The number of fused-ring (bicyclic) bond motifs is 1. The molecule has 2 aromatic heterocycles. The zero-order valence-corrected chi connectivity index (χ0v) is 12.0. The van der Waals surface area contributed by atoms with Gasteiger partial charge in [0, 0.05) is 19.1 Å². The van der Waals surface area contributed by atoms with Gasteiger partial charge in [0.25, 0.3) is 5.56 Å². The van der Waals surface area contributed by atoms with Gasteiger partial charge in [0.2, 0.25) is 5.95 Å². The molecule has 0 saturated heterocycles. The molecule has 2 heterocycles. The van der Waals surface area contributed by atoms with Crippen molar-refractivity contribution < 1.29 is 10.2 Å². The smallest absolute Gasteiger partial charge is 0.280 e. The predicted molar refractivity (Wildman–Crippen MR) is 78.7 cm³/mol. The number of rotatable bonds is 7. The quantitative estimate of drug-likeness (QED) is 0.526. The molecule has 8 heteroatoms. The lowest BCUT2D eigenvalue weighted by molar-refractivity contribution is 0.106. The molecule has 116 valence electrons. The molecule has 0 aliphatic carbocycles. The van der Waals surface area contributed by atoms with E-state index in [9.17, 15) is 9.90 Å². The monoisotopic (exact) mass is 295 g/mol. The Kier molecular flexibility index (Phi) is 4.92. The van der Waals surface area contributed by atoms with Gasteiger partial charge in [-0.3, -0.25) is 9.78 Å². The third-order valence-corrected chi connectivity index (χ3v) is 3.59. The number of aliphatic hydroxyl groups is 2. The van der Waals surface area contributed by atoms with Crippen molar-refractivity contribution in [3.8, 4) is 0 Å². The summed E-state index contributed by atoms with van der Waals surface area (Å²) in [5.74, 6) is 0.0411. The lowest BCUT2D eigenvalue weighted by Gasteiger charge is -2.20. The van der Waals surface area contributed by atoms with Crippen LogP contribution < -0.4 is 11.3 Å². The molecule has 2 aromatic rings. The molecule has 5 N–H and O–H groups in total. The van der Waals surface area contributed by atoms with Gasteiger partial charge in [-0.15, -0.1) is 0 Å². The molecule has 8 nitrogen and oxygen atoms in total. The van der Waals surface area contributed by atoms with Crippen LogP contribution in [0.15, 0.2) is 11.1 Å². The first-order valence-corrected chi connectivity index (χ1v) is 7.02. The van der Waals surface area contributed by atoms with Crippen molar-refractivity contribution in [3.05, 3.63) is 16.7 Å². The van der Waals surface area contributed by atoms with Crippen LogP contribution in [0.2, 0.25) is 0 Å². The van der Waals surface area contributed by atoms with Crippen LogP contribution in [0, 0.1) is 5.92 Å². The van der Waals surface area contributed by atoms with Crippen LogP contribution in [0.25, 0.3) is 11.2 Å². The Hall–Kier alpha value is -1.93. The summed E-state index contributed by atoms with van der Waals surface area (Å²) in [6.45, 7) is 2.38. The molecule has 0 bridgehead atoms. The number of imidazole rings is 1. The fourth-order valence-corrected chi connectivity index (χ4v) is 2.36. The summed E-state index contributed by atoms with van der Waals surface area (Å²) >= 11 is 0. The summed E-state index contributed by atoms with van der Waals surface area (Å²) in [4.78, 5) is 22.3. The largest absolute Gasteiger partial charge is 0.396 e. The molecule has 0 radical (unpaired) electrons. The second-order valence-electron chi connectivity index (χ2n) is 5.24. The van der Waals surface area contributed by atoms with Crippen LogP contribution in [0.4, 0.5) is 5.95 Å². The summed E-state index contributed by atoms with van der Waals surface area (Å²) in [6.07, 6.45) is 3.35. The van der Waals surface area contributed by atoms with Crippen LogP contribution in [0.3, 0.4) is 0 Å². The van der Waals surface area contributed by atoms with Crippen LogP contribution in [0.1, 0.15) is 26.2 Å². The topological polar surface area (TPSA) is 130 Å². The Morgan fingerprint density at radius 1 is 1.48 bits per heavy atom. The molecule has 2 unspecified atom stereocenters. The Balaban J connectivity index is 2.22. The summed E-state index contributed by atoms with van der Waals surface area (Å²) in [5.41, 5.74) is 5.85. The number of aromatic amines is 1. The maximum Gasteiger partial charge on any atom is 0.280 e. The van der Waals surface area contributed by atoms with Gasteiger partial charge in [0.05, 0.1) is 12.4 Å². The van der Waals surface area contributed by atoms with Gasteiger partial charge in [-0.1, -0.05) is 6.42 Å². The highest BCUT2D eigenvalue weighted by atomic mass is 16.3. The number of nitrogens with two attached hydrogens (primary N) is 1. The second kappa shape index (κ2) is 6.68. The van der Waals surface area contributed by atoms with Crippen LogP contribution in [-0.2, 0) is 6.54 Å². The van der Waals surface area contributed by atoms with Crippen molar-refractivity contribution in [2.75, 3.05) is 12.3 Å². The number of hydrogen-bond donors (Lipinski definition) is 4. The molecule has 0 aromatic carbocycles. The van der Waals surface area contributed by atoms with Gasteiger partial charge in [0.15, 0.2) is 11.2 Å². The van der Waals surface area contributed by atoms with Gasteiger partial charge in [-0.05, 0) is 19.8 Å². The van der Waals surface area contributed by atoms with Crippen molar-refractivity contribution in [2.24, 2.45) is 5.92 Å². The standard InChI is InChI=1S/C13H21N5O3/c1-8(20)9(4-2-3-5-19)6-18-7-15-10-11(18)16-13(14)17-12(10)21/h7-9,19-20H,2-6H2,1H3,(H3,14,16,17,21). The molecular formula is C13H21N5O3. The fourth-order valence-electron chi connectivity index (χ4n) is 2.36. The zero-order valence-electron chi connectivity index (χ0n) is 12.0. The van der Waals surface area contributed by atoms with Gasteiger partial charge in [-0.2, -0.15) is 4.98 Å². The Morgan fingerprint density at radius 3 is 2.90 bits per heavy atom. The number of hydrogen-bond acceptors (Lipinski definition) is 6. The number of nitrogen functional groups attached to an aromatic ring is 1. The maximum atomic E-state index is 11.7. The Labute approximate surface area is 121 Å². The third kappa shape index (κ3) is 3.59. The highest BCUT2D eigenvalue weighted by Crippen LogP contribution is 2.18. The van der Waals surface area contributed by atoms with E-state index in [1.54, 1.807) is 11.5 Å². The summed E-state index contributed by atoms with van der Waals surface area (Å²) < 4.78 is 1.73. The van der Waals surface area contributed by atoms with Crippen LogP contribution >= 0.6 is 0 Å². The first-order valence-electron chi connectivity index (χ1n) is 7.02. The number of H-pyrrole nitrogens is 1. The lowest BCUT2D eigenvalue weighted by atomic mass is 9.97. The van der Waals surface area contributed by atoms with Crippen molar-refractivity contribution in [1.29, 1.82) is 0 Å². The minimum absolute atomic E-state index is 0.00346. The Bertz CT molecular complexity index is 649. The summed E-state index contributed by atoms with van der Waals surface area (Å²) in [7, 11) is 0. The highest BCUT2D eigenvalue weighted by molar-refractivity contribution is 5.70. The SMILES string of the molecule is CC(O)C(CCCCO)Cn1cnc2c(=O)[nH]c(N)nc21. The van der Waals surface area contributed by atoms with E-state index in [2.05, 4.69) is 15.0 Å². The lowest BCUT2D eigenvalue weighted by Crippen LogP contribution is -2.23. The molecule has 0 spiro atoms. The maximum absolute atomic E-state index is 11.7. The van der Waals surface area contributed by atoms with E-state index in [1.807, 2.05) is 0 Å². The van der Waals surface area contributed by atoms with E-state index in [1.165, 1.54) is 6.33 Å². The molecule has 21 heavy (non-hydrogen) atoms. The van der Waals surface area contributed by atoms with E-state index in [4.69, 9.17) is 10.8 Å². The minimum atomic E-state index is -0.500. The number of anilines is 1. The molecular weight excluding hydrogens is 274 g/mol. The molecule has 0 aliphatic heterocycles. The fraction of sp³-hybridized carbons (Fsp3) is 0.615. The van der Waals surface area contributed by atoms with Crippen molar-refractivity contribution >= 4 is 17.1 Å². The second-order valence-corrected chi connectivity index (χ2v) is 5.24. The zero-order chi connectivity index (χ0) is 15.4. The third-order valence-electron chi connectivity index (χ3n) is 3.59. The molecule has 0 aliphatic rings. The first kappa shape index (κ1) is 15.5. The molecule has 0 saturated carbocycles. The average molecular weight is 295 g/mol. The van der Waals surface area contributed by atoms with Gasteiger partial charge >= 0.3 is 0 Å². The van der Waals surface area contributed by atoms with Crippen LogP contribution in [0.5, 0.6) is 0 Å². The average Bonchev–Trinajstić information content (AvgIpc) is 2.81. The van der Waals surface area contributed by atoms with Gasteiger partial charge < -0.3 is 20.5 Å². The molecule has 2 rings (SSSR count). The van der Waals surface area contributed by atoms with E-state index in [0.29, 0.717) is 18.6 Å². The van der Waals surface area contributed by atoms with Crippen molar-refractivity contribution in [3.63, 3.8) is 0 Å². The molecule has 0 amide bonds. The number of nitrogens with zero attached hydrogens (tertiary/aromatic N) is 3. The first-order chi connectivity index (χ1) is 10.0. The van der Waals surface area contributed by atoms with E-state index in [0.717, 1.165) is 12.8 Å². The van der Waals surface area contributed by atoms with Gasteiger partial charge in [0.1, 0.15) is 0 Å². The minimum Gasteiger partial charge on any atom is -0.396 e. The van der Waals surface area contributed by atoms with E-state index < -0.39 is 6.10 Å². The summed E-state index contributed by atoms with van der Waals surface area (Å²) in [5, 5.41) is 18.7. The number of aromatic nitrogens is 4. The molecule has 0 fully saturated rings. The number of unbranched alkanes of at least 4 members (excludes halogenated alkanes) is 1. The van der Waals surface area contributed by atoms with E-state index >= 15 is 0 Å². The normalized spacial score (nSPS) is 14.4. The van der Waals surface area contributed by atoms with Crippen LogP contribution in [-0.4, -0.2) is 42.4 Å². The number of aliphatic hydroxyl groups excluding tert-OH is 2. The predicted octanol–water partition coefficient (Wildman–Crippen LogP) is -0.139. The van der Waals surface area contributed by atoms with E-state index in [-0.39, 0.29) is 29.5 Å².